The van der Waals surface area contributed by atoms with Gasteiger partial charge in [-0.2, -0.15) is 0 Å². The molecule has 0 unspecified atom stereocenters. The average Bonchev–Trinajstić information content (AvgIpc) is 1.68. The van der Waals surface area contributed by atoms with Crippen LogP contribution in [0.2, 0.25) is 0 Å². The second kappa shape index (κ2) is 4.20. The maximum Gasteiger partial charge on any atom is 0.00316 e. The van der Waals surface area contributed by atoms with E-state index in [1.807, 2.05) is 6.92 Å². The Kier molecular flexibility index (Phi) is 4.21. The van der Waals surface area contributed by atoms with Crippen LogP contribution in [0, 0.1) is 0 Å². The fraction of sp³-hybridized carbons (Fsp3) is 0.667. The SMILES string of the molecule is CCCC(C)=CCl. The summed E-state index contributed by atoms with van der Waals surface area (Å²) < 4.78 is 0. The molecule has 0 amide bonds. The monoisotopic (exact) mass is 118 g/mol. The van der Waals surface area contributed by atoms with Crippen molar-refractivity contribution in [1.82, 2.24) is 0 Å². The van der Waals surface area contributed by atoms with E-state index in [1.54, 1.807) is 5.54 Å². The third-order valence-corrected chi connectivity index (χ3v) is 1.20. The highest BCUT2D eigenvalue weighted by Gasteiger charge is 1.81. The lowest BCUT2D eigenvalue weighted by molar-refractivity contribution is 0.908. The van der Waals surface area contributed by atoms with E-state index in [0.717, 1.165) is 6.42 Å². The molecule has 0 aliphatic carbocycles. The number of hydrogen-bond donors (Lipinski definition) is 0. The molecule has 0 saturated carbocycles. The van der Waals surface area contributed by atoms with E-state index in [4.69, 9.17) is 11.6 Å². The van der Waals surface area contributed by atoms with Gasteiger partial charge in [-0.1, -0.05) is 30.5 Å². The molecule has 7 heavy (non-hydrogen) atoms. The minimum Gasteiger partial charge on any atom is -0.0930 e. The van der Waals surface area contributed by atoms with Gasteiger partial charge in [0, 0.05) is 5.54 Å². The van der Waals surface area contributed by atoms with Gasteiger partial charge in [0.15, 0.2) is 0 Å². The summed E-state index contributed by atoms with van der Waals surface area (Å²) in [5.74, 6) is 0. The summed E-state index contributed by atoms with van der Waals surface area (Å²) in [5, 5.41) is 0. The summed E-state index contributed by atoms with van der Waals surface area (Å²) in [6.07, 6.45) is 2.32. The summed E-state index contributed by atoms with van der Waals surface area (Å²) in [4.78, 5) is 0. The van der Waals surface area contributed by atoms with Crippen LogP contribution in [-0.4, -0.2) is 0 Å². The van der Waals surface area contributed by atoms with Crippen molar-refractivity contribution >= 4 is 11.6 Å². The molecule has 42 valence electrons. The lowest BCUT2D eigenvalue weighted by Crippen LogP contribution is -1.69. The summed E-state index contributed by atoms with van der Waals surface area (Å²) in [7, 11) is 0. The molecule has 0 nitrogen and oxygen atoms in total. The highest BCUT2D eigenvalue weighted by Crippen LogP contribution is 2.02. The molecule has 0 aliphatic heterocycles. The van der Waals surface area contributed by atoms with Gasteiger partial charge in [-0.15, -0.1) is 0 Å². The fourth-order valence-corrected chi connectivity index (χ4v) is 0.558. The van der Waals surface area contributed by atoms with E-state index in [1.165, 1.54) is 12.0 Å². The molecule has 0 aromatic heterocycles. The molecule has 0 aromatic rings. The maximum atomic E-state index is 5.37. The molecule has 1 heteroatoms. The normalized spacial score (nSPS) is 12.1. The van der Waals surface area contributed by atoms with Crippen LogP contribution < -0.4 is 0 Å². The van der Waals surface area contributed by atoms with E-state index in [9.17, 15) is 0 Å². The van der Waals surface area contributed by atoms with E-state index in [-0.39, 0.29) is 0 Å². The number of allylic oxidation sites excluding steroid dienone is 1. The topological polar surface area (TPSA) is 0 Å². The van der Waals surface area contributed by atoms with Crippen LogP contribution in [0.5, 0.6) is 0 Å². The maximum absolute atomic E-state index is 5.37. The van der Waals surface area contributed by atoms with Crippen LogP contribution in [0.25, 0.3) is 0 Å². The van der Waals surface area contributed by atoms with E-state index >= 15 is 0 Å². The molecule has 0 spiro atoms. The van der Waals surface area contributed by atoms with Gasteiger partial charge in [0.2, 0.25) is 0 Å². The van der Waals surface area contributed by atoms with Gasteiger partial charge in [-0.05, 0) is 13.3 Å². The Hall–Kier alpha value is 0.0300. The molecule has 0 aliphatic rings. The Bertz CT molecular complexity index is 64.6. The van der Waals surface area contributed by atoms with Crippen molar-refractivity contribution in [2.24, 2.45) is 0 Å². The van der Waals surface area contributed by atoms with E-state index in [0.29, 0.717) is 0 Å². The fourth-order valence-electron chi connectivity index (χ4n) is 0.449. The minimum atomic E-state index is 1.13. The van der Waals surface area contributed by atoms with Crippen LogP contribution in [-0.2, 0) is 0 Å². The van der Waals surface area contributed by atoms with Gasteiger partial charge in [0.25, 0.3) is 0 Å². The van der Waals surface area contributed by atoms with Crippen LogP contribution >= 0.6 is 11.6 Å². The van der Waals surface area contributed by atoms with Crippen molar-refractivity contribution in [2.75, 3.05) is 0 Å². The first kappa shape index (κ1) is 7.03. The van der Waals surface area contributed by atoms with Crippen molar-refractivity contribution in [3.63, 3.8) is 0 Å². The molecule has 0 aromatic carbocycles. The standard InChI is InChI=1S/C6H11Cl/c1-3-4-6(2)5-7/h5H,3-4H2,1-2H3. The lowest BCUT2D eigenvalue weighted by Gasteiger charge is -1.89. The van der Waals surface area contributed by atoms with Gasteiger partial charge >= 0.3 is 0 Å². The second-order valence-corrected chi connectivity index (χ2v) is 1.92. The van der Waals surface area contributed by atoms with Gasteiger partial charge in [-0.25, -0.2) is 0 Å². The van der Waals surface area contributed by atoms with Crippen molar-refractivity contribution in [3.8, 4) is 0 Å². The minimum absolute atomic E-state index is 1.13. The van der Waals surface area contributed by atoms with Crippen LogP contribution in [0.4, 0.5) is 0 Å². The molecule has 0 atom stereocenters. The highest BCUT2D eigenvalue weighted by atomic mass is 35.5. The van der Waals surface area contributed by atoms with E-state index in [2.05, 4.69) is 6.92 Å². The first-order chi connectivity index (χ1) is 3.31. The molecule has 0 heterocycles. The quantitative estimate of drug-likeness (QED) is 0.523. The Morgan fingerprint density at radius 2 is 2.29 bits per heavy atom. The summed E-state index contributed by atoms with van der Waals surface area (Å²) in [6, 6.07) is 0. The Balaban J connectivity index is 3.17. The summed E-state index contributed by atoms with van der Waals surface area (Å²) in [5.41, 5.74) is 2.91. The Morgan fingerprint density at radius 3 is 2.43 bits per heavy atom. The molecule has 0 rings (SSSR count). The first-order valence-corrected chi connectivity index (χ1v) is 3.00. The third kappa shape index (κ3) is 3.87. The molecular formula is C6H11Cl. The number of halogens is 1. The van der Waals surface area contributed by atoms with Gasteiger partial charge < -0.3 is 0 Å². The number of hydrogen-bond acceptors (Lipinski definition) is 0. The molecule has 0 bridgehead atoms. The zero-order valence-electron chi connectivity index (χ0n) is 4.87. The third-order valence-electron chi connectivity index (χ3n) is 0.831. The van der Waals surface area contributed by atoms with Crippen LogP contribution in [0.1, 0.15) is 26.7 Å². The largest absolute Gasteiger partial charge is 0.0930 e. The van der Waals surface area contributed by atoms with Crippen molar-refractivity contribution in [1.29, 1.82) is 0 Å². The lowest BCUT2D eigenvalue weighted by atomic mass is 10.2. The molecular weight excluding hydrogens is 108 g/mol. The molecule has 0 N–H and O–H groups in total. The zero-order chi connectivity index (χ0) is 5.70. The summed E-state index contributed by atoms with van der Waals surface area (Å²) >= 11 is 5.37. The predicted molar refractivity (Wildman–Crippen MR) is 34.5 cm³/mol. The first-order valence-electron chi connectivity index (χ1n) is 2.57. The number of rotatable bonds is 2. The highest BCUT2D eigenvalue weighted by molar-refractivity contribution is 6.25. The smallest absolute Gasteiger partial charge is 0.00316 e. The van der Waals surface area contributed by atoms with Crippen molar-refractivity contribution in [2.45, 2.75) is 26.7 Å². The average molecular weight is 119 g/mol. The van der Waals surface area contributed by atoms with Crippen molar-refractivity contribution in [3.05, 3.63) is 11.1 Å². The molecule has 0 radical (unpaired) electrons. The van der Waals surface area contributed by atoms with Gasteiger partial charge in [0.1, 0.15) is 0 Å². The van der Waals surface area contributed by atoms with E-state index < -0.39 is 0 Å². The Morgan fingerprint density at radius 1 is 1.71 bits per heavy atom. The molecule has 0 saturated heterocycles. The zero-order valence-corrected chi connectivity index (χ0v) is 5.63. The summed E-state index contributed by atoms with van der Waals surface area (Å²) in [6.45, 7) is 4.18. The van der Waals surface area contributed by atoms with Gasteiger partial charge in [0.05, 0.1) is 0 Å². The van der Waals surface area contributed by atoms with Crippen LogP contribution in [0.3, 0.4) is 0 Å². The predicted octanol–water partition coefficient (Wildman–Crippen LogP) is 2.93. The van der Waals surface area contributed by atoms with Gasteiger partial charge in [-0.3, -0.25) is 0 Å². The van der Waals surface area contributed by atoms with Crippen LogP contribution in [0.15, 0.2) is 11.1 Å². The van der Waals surface area contributed by atoms with Crippen molar-refractivity contribution < 1.29 is 0 Å². The second-order valence-electron chi connectivity index (χ2n) is 1.71. The molecule has 0 fully saturated rings. The Labute approximate surface area is 50.2 Å².